The molecule has 3 aromatic rings. The minimum absolute atomic E-state index is 0.101. The summed E-state index contributed by atoms with van der Waals surface area (Å²) in [6.45, 7) is -0.101. The molecule has 1 aromatic carbocycles. The number of carbonyl (C=O) groups excluding carboxylic acids is 2. The lowest BCUT2D eigenvalue weighted by Gasteiger charge is -2.08. The fraction of sp³-hybridized carbons (Fsp3) is 0.111. The van der Waals surface area contributed by atoms with Crippen molar-refractivity contribution < 1.29 is 18.7 Å². The van der Waals surface area contributed by atoms with Crippen molar-refractivity contribution in [1.82, 2.24) is 9.55 Å². The normalized spacial score (nSPS) is 10.4. The molecule has 0 aliphatic carbocycles. The fourth-order valence-electron chi connectivity index (χ4n) is 2.38. The number of aromatic amines is 1. The molecule has 0 saturated carbocycles. The Morgan fingerprint density at radius 3 is 2.56 bits per heavy atom. The van der Waals surface area contributed by atoms with E-state index in [1.165, 1.54) is 37.6 Å². The highest BCUT2D eigenvalue weighted by Gasteiger charge is 2.16. The van der Waals surface area contributed by atoms with Gasteiger partial charge in [-0.05, 0) is 36.4 Å². The summed E-state index contributed by atoms with van der Waals surface area (Å²) >= 11 is 0. The van der Waals surface area contributed by atoms with Gasteiger partial charge in [0.05, 0.1) is 25.5 Å². The zero-order chi connectivity index (χ0) is 19.4. The molecule has 0 bridgehead atoms. The zero-order valence-corrected chi connectivity index (χ0v) is 14.2. The Kier molecular flexibility index (Phi) is 5.02. The zero-order valence-electron chi connectivity index (χ0n) is 14.2. The van der Waals surface area contributed by atoms with Gasteiger partial charge in [-0.3, -0.25) is 14.2 Å². The van der Waals surface area contributed by atoms with E-state index in [1.54, 1.807) is 12.1 Å². The van der Waals surface area contributed by atoms with Gasteiger partial charge >= 0.3 is 11.7 Å². The minimum Gasteiger partial charge on any atom is -0.467 e. The van der Waals surface area contributed by atoms with Crippen LogP contribution in [0.25, 0.3) is 0 Å². The van der Waals surface area contributed by atoms with Crippen molar-refractivity contribution in [2.24, 2.45) is 0 Å². The molecule has 2 aromatic heterocycles. The van der Waals surface area contributed by atoms with Crippen LogP contribution < -0.4 is 16.6 Å². The Hall–Kier alpha value is -3.88. The Morgan fingerprint density at radius 1 is 1.19 bits per heavy atom. The lowest BCUT2D eigenvalue weighted by atomic mass is 10.2. The maximum Gasteiger partial charge on any atom is 0.337 e. The van der Waals surface area contributed by atoms with Crippen LogP contribution in [0.5, 0.6) is 0 Å². The van der Waals surface area contributed by atoms with Crippen molar-refractivity contribution in [2.45, 2.75) is 6.54 Å². The molecule has 9 nitrogen and oxygen atoms in total. The largest absolute Gasteiger partial charge is 0.467 e. The molecule has 0 radical (unpaired) electrons. The van der Waals surface area contributed by atoms with Crippen LogP contribution in [0.4, 0.5) is 5.69 Å². The van der Waals surface area contributed by atoms with E-state index in [0.717, 1.165) is 10.8 Å². The second kappa shape index (κ2) is 7.56. The predicted octanol–water partition coefficient (Wildman–Crippen LogP) is 1.22. The molecule has 1 amide bonds. The Morgan fingerprint density at radius 2 is 1.93 bits per heavy atom. The number of anilines is 1. The van der Waals surface area contributed by atoms with Gasteiger partial charge in [-0.2, -0.15) is 0 Å². The summed E-state index contributed by atoms with van der Waals surface area (Å²) in [5, 5.41) is 2.54. The van der Waals surface area contributed by atoms with Crippen LogP contribution >= 0.6 is 0 Å². The molecule has 0 spiro atoms. The van der Waals surface area contributed by atoms with Gasteiger partial charge in [0.2, 0.25) is 0 Å². The number of hydrogen-bond donors (Lipinski definition) is 2. The third-order valence-corrected chi connectivity index (χ3v) is 3.76. The number of furan rings is 1. The monoisotopic (exact) mass is 369 g/mol. The second-order valence-corrected chi connectivity index (χ2v) is 5.50. The number of methoxy groups -OCH3 is 1. The number of ether oxygens (including phenoxy) is 1. The first-order valence-electron chi connectivity index (χ1n) is 7.84. The van der Waals surface area contributed by atoms with E-state index in [9.17, 15) is 19.2 Å². The first kappa shape index (κ1) is 17.9. The molecule has 27 heavy (non-hydrogen) atoms. The second-order valence-electron chi connectivity index (χ2n) is 5.50. The lowest BCUT2D eigenvalue weighted by Crippen LogP contribution is -2.39. The van der Waals surface area contributed by atoms with Gasteiger partial charge in [-0.1, -0.05) is 0 Å². The fourth-order valence-corrected chi connectivity index (χ4v) is 2.38. The number of hydrogen-bond acceptors (Lipinski definition) is 6. The van der Waals surface area contributed by atoms with Crippen LogP contribution in [0.15, 0.2) is 62.9 Å². The van der Waals surface area contributed by atoms with E-state index < -0.39 is 23.1 Å². The topological polar surface area (TPSA) is 123 Å². The number of H-pyrrole nitrogens is 1. The molecule has 138 valence electrons. The summed E-state index contributed by atoms with van der Waals surface area (Å²) in [7, 11) is 1.27. The van der Waals surface area contributed by atoms with Crippen molar-refractivity contribution in [1.29, 1.82) is 0 Å². The van der Waals surface area contributed by atoms with Gasteiger partial charge in [0.1, 0.15) is 11.3 Å². The van der Waals surface area contributed by atoms with E-state index >= 15 is 0 Å². The van der Waals surface area contributed by atoms with Crippen molar-refractivity contribution in [3.05, 3.63) is 86.6 Å². The molecule has 0 saturated heterocycles. The van der Waals surface area contributed by atoms with Gasteiger partial charge in [0, 0.05) is 11.9 Å². The van der Waals surface area contributed by atoms with Crippen molar-refractivity contribution in [3.63, 3.8) is 0 Å². The maximum atomic E-state index is 12.5. The number of rotatable bonds is 5. The van der Waals surface area contributed by atoms with Gasteiger partial charge in [0.15, 0.2) is 0 Å². The summed E-state index contributed by atoms with van der Waals surface area (Å²) < 4.78 is 10.6. The predicted molar refractivity (Wildman–Crippen MR) is 94.9 cm³/mol. The summed E-state index contributed by atoms with van der Waals surface area (Å²) in [4.78, 5) is 50.6. The molecular weight excluding hydrogens is 354 g/mol. The van der Waals surface area contributed by atoms with E-state index in [0.29, 0.717) is 17.0 Å². The maximum absolute atomic E-state index is 12.5. The van der Waals surface area contributed by atoms with Crippen LogP contribution in [0.2, 0.25) is 0 Å². The minimum atomic E-state index is -0.751. The Balaban J connectivity index is 1.83. The molecule has 0 fully saturated rings. The first-order valence-corrected chi connectivity index (χ1v) is 7.84. The number of carbonyl (C=O) groups is 2. The number of aromatic nitrogens is 2. The Bertz CT molecular complexity index is 1080. The van der Waals surface area contributed by atoms with Crippen LogP contribution in [-0.2, 0) is 11.3 Å². The summed E-state index contributed by atoms with van der Waals surface area (Å²) in [6, 6.07) is 9.19. The Labute approximate surface area is 152 Å². The summed E-state index contributed by atoms with van der Waals surface area (Å²) in [6.07, 6.45) is 2.48. The molecule has 0 aliphatic rings. The van der Waals surface area contributed by atoms with Crippen molar-refractivity contribution in [3.8, 4) is 0 Å². The number of nitrogens with one attached hydrogen (secondary N) is 2. The van der Waals surface area contributed by atoms with E-state index in [4.69, 9.17) is 4.42 Å². The first-order chi connectivity index (χ1) is 13.0. The average molecular weight is 369 g/mol. The van der Waals surface area contributed by atoms with Gasteiger partial charge in [-0.25, -0.2) is 9.59 Å². The number of amides is 1. The highest BCUT2D eigenvalue weighted by atomic mass is 16.5. The van der Waals surface area contributed by atoms with Crippen LogP contribution in [-0.4, -0.2) is 28.5 Å². The van der Waals surface area contributed by atoms with Crippen molar-refractivity contribution >= 4 is 17.6 Å². The molecular formula is C18H15N3O6. The highest BCUT2D eigenvalue weighted by molar-refractivity contribution is 6.04. The number of esters is 1. The summed E-state index contributed by atoms with van der Waals surface area (Å²) in [5.41, 5.74) is -0.955. The molecule has 2 N–H and O–H groups in total. The summed E-state index contributed by atoms with van der Waals surface area (Å²) in [5.74, 6) is -0.803. The van der Waals surface area contributed by atoms with Crippen molar-refractivity contribution in [2.75, 3.05) is 12.4 Å². The van der Waals surface area contributed by atoms with Crippen LogP contribution in [0.3, 0.4) is 0 Å². The van der Waals surface area contributed by atoms with Crippen LogP contribution in [0, 0.1) is 0 Å². The molecule has 0 unspecified atom stereocenters. The molecule has 0 aliphatic heterocycles. The van der Waals surface area contributed by atoms with E-state index in [2.05, 4.69) is 15.0 Å². The molecule has 3 rings (SSSR count). The van der Waals surface area contributed by atoms with Crippen LogP contribution in [0.1, 0.15) is 26.5 Å². The lowest BCUT2D eigenvalue weighted by molar-refractivity contribution is 0.0600. The standard InChI is InChI=1S/C18H15N3O6/c1-26-17(24)11-4-6-12(7-5-11)20-15(22)14-9-19-18(25)21(16(14)23)10-13-3-2-8-27-13/h2-9H,10H2,1H3,(H,19,25)(H,20,22). The smallest absolute Gasteiger partial charge is 0.337 e. The van der Waals surface area contributed by atoms with E-state index in [1.807, 2.05) is 0 Å². The molecule has 0 atom stereocenters. The van der Waals surface area contributed by atoms with Gasteiger partial charge < -0.3 is 19.5 Å². The number of benzene rings is 1. The quantitative estimate of drug-likeness (QED) is 0.652. The molecule has 2 heterocycles. The molecule has 9 heteroatoms. The third-order valence-electron chi connectivity index (χ3n) is 3.76. The van der Waals surface area contributed by atoms with Gasteiger partial charge in [-0.15, -0.1) is 0 Å². The SMILES string of the molecule is COC(=O)c1ccc(NC(=O)c2c[nH]c(=O)n(Cc3ccco3)c2=O)cc1. The highest BCUT2D eigenvalue weighted by Crippen LogP contribution is 2.11. The van der Waals surface area contributed by atoms with Gasteiger partial charge in [0.25, 0.3) is 11.5 Å². The average Bonchev–Trinajstić information content (AvgIpc) is 3.18. The van der Waals surface area contributed by atoms with E-state index in [-0.39, 0.29) is 12.1 Å². The third kappa shape index (κ3) is 3.87. The number of nitrogens with zero attached hydrogens (tertiary/aromatic N) is 1.